The van der Waals surface area contributed by atoms with Gasteiger partial charge in [0.1, 0.15) is 0 Å². The van der Waals surface area contributed by atoms with Gasteiger partial charge in [0.2, 0.25) is 15.9 Å². The summed E-state index contributed by atoms with van der Waals surface area (Å²) in [5.74, 6) is -0.505. The van der Waals surface area contributed by atoms with E-state index in [0.717, 1.165) is 4.31 Å². The van der Waals surface area contributed by atoms with Crippen molar-refractivity contribution in [3.8, 4) is 0 Å². The summed E-state index contributed by atoms with van der Waals surface area (Å²) < 4.78 is 27.6. The number of carbonyl (C=O) groups is 1. The van der Waals surface area contributed by atoms with Crippen LogP contribution in [0.15, 0.2) is 71.6 Å². The van der Waals surface area contributed by atoms with Crippen molar-refractivity contribution >= 4 is 56.4 Å². The van der Waals surface area contributed by atoms with Crippen LogP contribution in [0, 0.1) is 6.92 Å². The van der Waals surface area contributed by atoms with E-state index in [2.05, 4.69) is 5.32 Å². The predicted octanol–water partition coefficient (Wildman–Crippen LogP) is 5.78. The van der Waals surface area contributed by atoms with Gasteiger partial charge in [0.05, 0.1) is 11.4 Å². The fourth-order valence-corrected chi connectivity index (χ4v) is 4.94. The van der Waals surface area contributed by atoms with Crippen molar-refractivity contribution < 1.29 is 13.2 Å². The highest BCUT2D eigenvalue weighted by Crippen LogP contribution is 2.26. The lowest BCUT2D eigenvalue weighted by Crippen LogP contribution is -2.37. The molecule has 0 fully saturated rings. The van der Waals surface area contributed by atoms with E-state index in [1.165, 1.54) is 18.2 Å². The van der Waals surface area contributed by atoms with Crippen molar-refractivity contribution in [1.82, 2.24) is 4.31 Å². The zero-order valence-corrected chi connectivity index (χ0v) is 19.6. The zero-order valence-electron chi connectivity index (χ0n) is 16.5. The smallest absolute Gasteiger partial charge is 0.243 e. The standard InChI is InChI=1S/C22H19Cl3N2O3S/c1-15-19(24)8-5-9-21(15)26-22(28)14-27(13-16-10-11-17(23)12-20(16)25)31(29,30)18-6-3-2-4-7-18/h2-12H,13-14H2,1H3,(H,26,28). The van der Waals surface area contributed by atoms with Gasteiger partial charge in [-0.25, -0.2) is 8.42 Å². The van der Waals surface area contributed by atoms with Gasteiger partial charge in [-0.15, -0.1) is 0 Å². The molecule has 0 saturated carbocycles. The number of hydrogen-bond donors (Lipinski definition) is 1. The Morgan fingerprint density at radius 2 is 1.65 bits per heavy atom. The van der Waals surface area contributed by atoms with E-state index in [1.54, 1.807) is 55.5 Å². The molecule has 0 saturated heterocycles. The summed E-state index contributed by atoms with van der Waals surface area (Å²) in [5, 5.41) is 3.97. The van der Waals surface area contributed by atoms with Crippen molar-refractivity contribution in [2.75, 3.05) is 11.9 Å². The van der Waals surface area contributed by atoms with Crippen LogP contribution in [-0.4, -0.2) is 25.2 Å². The SMILES string of the molecule is Cc1c(Cl)cccc1NC(=O)CN(Cc1ccc(Cl)cc1Cl)S(=O)(=O)c1ccccc1. The predicted molar refractivity (Wildman–Crippen MR) is 125 cm³/mol. The molecule has 5 nitrogen and oxygen atoms in total. The normalized spacial score (nSPS) is 11.5. The van der Waals surface area contributed by atoms with E-state index in [0.29, 0.717) is 31.9 Å². The van der Waals surface area contributed by atoms with E-state index >= 15 is 0 Å². The monoisotopic (exact) mass is 496 g/mol. The Balaban J connectivity index is 1.91. The van der Waals surface area contributed by atoms with Gasteiger partial charge in [-0.05, 0) is 54.4 Å². The number of sulfonamides is 1. The maximum absolute atomic E-state index is 13.3. The van der Waals surface area contributed by atoms with Crippen molar-refractivity contribution in [2.45, 2.75) is 18.4 Å². The summed E-state index contributed by atoms with van der Waals surface area (Å²) in [6.07, 6.45) is 0. The van der Waals surface area contributed by atoms with Crippen LogP contribution >= 0.6 is 34.8 Å². The molecule has 0 aliphatic carbocycles. The first-order valence-corrected chi connectivity index (χ1v) is 11.8. The van der Waals surface area contributed by atoms with Crippen LogP contribution in [0.3, 0.4) is 0 Å². The number of rotatable bonds is 7. The zero-order chi connectivity index (χ0) is 22.6. The van der Waals surface area contributed by atoms with Crippen LogP contribution in [0.5, 0.6) is 0 Å². The van der Waals surface area contributed by atoms with E-state index < -0.39 is 22.5 Å². The first kappa shape index (κ1) is 23.6. The van der Waals surface area contributed by atoms with E-state index in [-0.39, 0.29) is 11.4 Å². The highest BCUT2D eigenvalue weighted by molar-refractivity contribution is 7.89. The molecule has 3 aromatic rings. The Morgan fingerprint density at radius 3 is 2.32 bits per heavy atom. The van der Waals surface area contributed by atoms with Crippen LogP contribution in [0.25, 0.3) is 0 Å². The number of nitrogens with zero attached hydrogens (tertiary/aromatic N) is 1. The van der Waals surface area contributed by atoms with Crippen molar-refractivity contribution in [3.05, 3.63) is 92.9 Å². The Hall–Kier alpha value is -2.09. The first-order valence-electron chi connectivity index (χ1n) is 9.22. The molecule has 3 rings (SSSR count). The van der Waals surface area contributed by atoms with Gasteiger partial charge >= 0.3 is 0 Å². The Bertz CT molecular complexity index is 1200. The van der Waals surface area contributed by atoms with Gasteiger partial charge in [-0.3, -0.25) is 4.79 Å². The molecule has 0 radical (unpaired) electrons. The third-order valence-electron chi connectivity index (χ3n) is 4.60. The average molecular weight is 498 g/mol. The molecule has 3 aromatic carbocycles. The lowest BCUT2D eigenvalue weighted by Gasteiger charge is -2.23. The van der Waals surface area contributed by atoms with Gasteiger partial charge in [-0.1, -0.05) is 65.1 Å². The minimum absolute atomic E-state index is 0.0758. The number of anilines is 1. The molecule has 0 bridgehead atoms. The topological polar surface area (TPSA) is 66.5 Å². The largest absolute Gasteiger partial charge is 0.325 e. The second-order valence-electron chi connectivity index (χ2n) is 6.78. The number of benzene rings is 3. The van der Waals surface area contributed by atoms with Crippen LogP contribution in [0.4, 0.5) is 5.69 Å². The highest BCUT2D eigenvalue weighted by atomic mass is 35.5. The summed E-state index contributed by atoms with van der Waals surface area (Å²) in [6.45, 7) is 1.25. The molecule has 1 amide bonds. The maximum atomic E-state index is 13.3. The number of carbonyl (C=O) groups excluding carboxylic acids is 1. The molecule has 1 N–H and O–H groups in total. The molecular weight excluding hydrogens is 479 g/mol. The minimum atomic E-state index is -3.98. The third-order valence-corrected chi connectivity index (χ3v) is 7.41. The van der Waals surface area contributed by atoms with E-state index in [1.807, 2.05) is 0 Å². The Morgan fingerprint density at radius 1 is 0.935 bits per heavy atom. The molecule has 31 heavy (non-hydrogen) atoms. The van der Waals surface area contributed by atoms with Crippen molar-refractivity contribution in [1.29, 1.82) is 0 Å². The molecule has 0 unspecified atom stereocenters. The fourth-order valence-electron chi connectivity index (χ4n) is 2.90. The molecular formula is C22H19Cl3N2O3S. The number of halogens is 3. The summed E-state index contributed by atoms with van der Waals surface area (Å²) in [6, 6.07) is 17.8. The highest BCUT2D eigenvalue weighted by Gasteiger charge is 2.27. The van der Waals surface area contributed by atoms with Crippen molar-refractivity contribution in [3.63, 3.8) is 0 Å². The minimum Gasteiger partial charge on any atom is -0.325 e. The quantitative estimate of drug-likeness (QED) is 0.449. The lowest BCUT2D eigenvalue weighted by atomic mass is 10.2. The summed E-state index contributed by atoms with van der Waals surface area (Å²) in [7, 11) is -3.98. The lowest BCUT2D eigenvalue weighted by molar-refractivity contribution is -0.116. The number of nitrogens with one attached hydrogen (secondary N) is 1. The summed E-state index contributed by atoms with van der Waals surface area (Å²) in [5.41, 5.74) is 1.73. The molecule has 0 aromatic heterocycles. The maximum Gasteiger partial charge on any atom is 0.243 e. The van der Waals surface area contributed by atoms with Gasteiger partial charge in [0.15, 0.2) is 0 Å². The van der Waals surface area contributed by atoms with Gasteiger partial charge in [0.25, 0.3) is 0 Å². The molecule has 0 atom stereocenters. The Kier molecular flexibility index (Phi) is 7.62. The molecule has 0 aliphatic rings. The first-order chi connectivity index (χ1) is 14.7. The number of amides is 1. The van der Waals surface area contributed by atoms with Crippen LogP contribution in [-0.2, 0) is 21.4 Å². The third kappa shape index (κ3) is 5.79. The molecule has 0 spiro atoms. The molecule has 0 aliphatic heterocycles. The molecule has 0 heterocycles. The second-order valence-corrected chi connectivity index (χ2v) is 9.97. The average Bonchev–Trinajstić information content (AvgIpc) is 2.73. The van der Waals surface area contributed by atoms with Crippen molar-refractivity contribution in [2.24, 2.45) is 0 Å². The number of hydrogen-bond acceptors (Lipinski definition) is 3. The summed E-state index contributed by atoms with van der Waals surface area (Å²) in [4.78, 5) is 12.9. The van der Waals surface area contributed by atoms with Crippen LogP contribution < -0.4 is 5.32 Å². The fraction of sp³-hybridized carbons (Fsp3) is 0.136. The van der Waals surface area contributed by atoms with Gasteiger partial charge in [0, 0.05) is 27.3 Å². The van der Waals surface area contributed by atoms with E-state index in [9.17, 15) is 13.2 Å². The van der Waals surface area contributed by atoms with Gasteiger partial charge < -0.3 is 5.32 Å². The molecule has 9 heteroatoms. The van der Waals surface area contributed by atoms with Crippen LogP contribution in [0.2, 0.25) is 15.1 Å². The Labute approximate surface area is 196 Å². The second kappa shape index (κ2) is 10.0. The molecule has 162 valence electrons. The van der Waals surface area contributed by atoms with Crippen LogP contribution in [0.1, 0.15) is 11.1 Å². The van der Waals surface area contributed by atoms with E-state index in [4.69, 9.17) is 34.8 Å². The summed E-state index contributed by atoms with van der Waals surface area (Å²) >= 11 is 18.3. The van der Waals surface area contributed by atoms with Gasteiger partial charge in [-0.2, -0.15) is 4.31 Å².